The van der Waals surface area contributed by atoms with Crippen molar-refractivity contribution in [2.45, 2.75) is 26.4 Å². The Labute approximate surface area is 194 Å². The van der Waals surface area contributed by atoms with Crippen LogP contribution in [0.2, 0.25) is 0 Å². The standard InChI is InChI=1S/C23H22FN7OS/c1-2-16-3-6-22(25-12-16)30-9-7-17(8-10-30)23-27-18(14-33-23)13-32-21-5-4-19(11-20(21)24)31-15-26-28-29-31/h3-7,11-12,14-15H,2,8-10,13H2,1H3. The van der Waals surface area contributed by atoms with Gasteiger partial charge < -0.3 is 9.64 Å². The summed E-state index contributed by atoms with van der Waals surface area (Å²) < 4.78 is 21.5. The molecule has 0 fully saturated rings. The zero-order valence-corrected chi connectivity index (χ0v) is 18.9. The van der Waals surface area contributed by atoms with Gasteiger partial charge in [-0.1, -0.05) is 19.1 Å². The van der Waals surface area contributed by atoms with Gasteiger partial charge in [-0.25, -0.2) is 19.0 Å². The second kappa shape index (κ2) is 9.45. The van der Waals surface area contributed by atoms with Crippen LogP contribution in [0.1, 0.15) is 29.6 Å². The van der Waals surface area contributed by atoms with Gasteiger partial charge >= 0.3 is 0 Å². The van der Waals surface area contributed by atoms with Crippen molar-refractivity contribution >= 4 is 22.7 Å². The van der Waals surface area contributed by atoms with Crippen LogP contribution >= 0.6 is 11.3 Å². The van der Waals surface area contributed by atoms with Crippen molar-refractivity contribution in [3.63, 3.8) is 0 Å². The van der Waals surface area contributed by atoms with Crippen LogP contribution in [0.4, 0.5) is 10.2 Å². The summed E-state index contributed by atoms with van der Waals surface area (Å²) in [4.78, 5) is 11.5. The number of rotatable bonds is 7. The van der Waals surface area contributed by atoms with Crippen LogP contribution in [0.25, 0.3) is 11.3 Å². The predicted octanol–water partition coefficient (Wildman–Crippen LogP) is 4.09. The van der Waals surface area contributed by atoms with E-state index >= 15 is 0 Å². The summed E-state index contributed by atoms with van der Waals surface area (Å²) >= 11 is 1.59. The van der Waals surface area contributed by atoms with Gasteiger partial charge in [-0.05, 0) is 52.6 Å². The minimum atomic E-state index is -0.478. The Morgan fingerprint density at radius 1 is 1.21 bits per heavy atom. The first-order valence-electron chi connectivity index (χ1n) is 10.7. The number of hydrogen-bond acceptors (Lipinski definition) is 8. The van der Waals surface area contributed by atoms with Crippen LogP contribution in [0, 0.1) is 5.82 Å². The third-order valence-electron chi connectivity index (χ3n) is 5.48. The molecule has 5 rings (SSSR count). The number of anilines is 1. The number of pyridine rings is 1. The fourth-order valence-corrected chi connectivity index (χ4v) is 4.46. The lowest BCUT2D eigenvalue weighted by atomic mass is 10.1. The average molecular weight is 464 g/mol. The summed E-state index contributed by atoms with van der Waals surface area (Å²) in [7, 11) is 0. The molecule has 0 bridgehead atoms. The number of hydrogen-bond donors (Lipinski definition) is 0. The summed E-state index contributed by atoms with van der Waals surface area (Å²) in [5.41, 5.74) is 3.77. The molecular weight excluding hydrogens is 441 g/mol. The van der Waals surface area contributed by atoms with E-state index < -0.39 is 5.82 Å². The van der Waals surface area contributed by atoms with Gasteiger partial charge in [0.2, 0.25) is 0 Å². The molecule has 4 heterocycles. The highest BCUT2D eigenvalue weighted by atomic mass is 32.1. The van der Waals surface area contributed by atoms with Gasteiger partial charge in [0.15, 0.2) is 11.6 Å². The number of aromatic nitrogens is 6. The van der Waals surface area contributed by atoms with E-state index in [9.17, 15) is 4.39 Å². The van der Waals surface area contributed by atoms with E-state index in [0.717, 1.165) is 42.5 Å². The number of aryl methyl sites for hydroxylation is 1. The molecule has 33 heavy (non-hydrogen) atoms. The van der Waals surface area contributed by atoms with Crippen LogP contribution in [0.15, 0.2) is 54.3 Å². The molecule has 0 atom stereocenters. The first-order valence-corrected chi connectivity index (χ1v) is 11.6. The number of benzene rings is 1. The maximum Gasteiger partial charge on any atom is 0.167 e. The lowest BCUT2D eigenvalue weighted by molar-refractivity contribution is 0.286. The van der Waals surface area contributed by atoms with E-state index in [0.29, 0.717) is 5.69 Å². The second-order valence-corrected chi connectivity index (χ2v) is 8.46. The van der Waals surface area contributed by atoms with Crippen LogP contribution < -0.4 is 9.64 Å². The Morgan fingerprint density at radius 2 is 2.15 bits per heavy atom. The van der Waals surface area contributed by atoms with E-state index in [1.807, 2.05) is 11.6 Å². The molecule has 0 radical (unpaired) electrons. The normalized spacial score (nSPS) is 13.8. The highest BCUT2D eigenvalue weighted by molar-refractivity contribution is 7.10. The van der Waals surface area contributed by atoms with Crippen molar-refractivity contribution < 1.29 is 9.13 Å². The molecule has 0 unspecified atom stereocenters. The molecule has 0 amide bonds. The van der Waals surface area contributed by atoms with Crippen molar-refractivity contribution in [1.82, 2.24) is 30.2 Å². The maximum absolute atomic E-state index is 14.4. The number of halogens is 1. The van der Waals surface area contributed by atoms with Crippen molar-refractivity contribution in [3.8, 4) is 11.4 Å². The molecule has 0 saturated heterocycles. The molecule has 0 saturated carbocycles. The van der Waals surface area contributed by atoms with Gasteiger partial charge in [-0.15, -0.1) is 16.4 Å². The van der Waals surface area contributed by atoms with E-state index in [1.165, 1.54) is 28.2 Å². The Morgan fingerprint density at radius 3 is 2.85 bits per heavy atom. The van der Waals surface area contributed by atoms with Crippen molar-refractivity contribution in [1.29, 1.82) is 0 Å². The molecule has 0 aliphatic carbocycles. The van der Waals surface area contributed by atoms with Crippen molar-refractivity contribution in [2.24, 2.45) is 0 Å². The summed E-state index contributed by atoms with van der Waals surface area (Å²) in [6.45, 7) is 4.03. The van der Waals surface area contributed by atoms with E-state index in [4.69, 9.17) is 9.72 Å². The first-order chi connectivity index (χ1) is 16.2. The van der Waals surface area contributed by atoms with Crippen LogP contribution in [0.5, 0.6) is 5.75 Å². The van der Waals surface area contributed by atoms with Gasteiger partial charge in [0.1, 0.15) is 23.8 Å². The number of ether oxygens (including phenoxy) is 1. The SMILES string of the molecule is CCc1ccc(N2CC=C(c3nc(COc4ccc(-n5cnnn5)cc4F)cs3)CC2)nc1. The van der Waals surface area contributed by atoms with Gasteiger partial charge in [-0.2, -0.15) is 0 Å². The van der Waals surface area contributed by atoms with Gasteiger partial charge in [0, 0.05) is 30.7 Å². The molecule has 0 spiro atoms. The summed E-state index contributed by atoms with van der Waals surface area (Å²) in [5.74, 6) is 0.688. The Kier molecular flexibility index (Phi) is 6.07. The second-order valence-electron chi connectivity index (χ2n) is 7.61. The van der Waals surface area contributed by atoms with E-state index in [2.05, 4.69) is 50.5 Å². The Balaban J connectivity index is 1.20. The zero-order chi connectivity index (χ0) is 22.6. The smallest absolute Gasteiger partial charge is 0.167 e. The number of thiazole rings is 1. The molecule has 1 aromatic carbocycles. The van der Waals surface area contributed by atoms with Crippen molar-refractivity contribution in [3.05, 3.63) is 76.4 Å². The van der Waals surface area contributed by atoms with Gasteiger partial charge in [-0.3, -0.25) is 0 Å². The quantitative estimate of drug-likeness (QED) is 0.408. The molecule has 3 aromatic heterocycles. The fourth-order valence-electron chi connectivity index (χ4n) is 3.59. The molecule has 4 aromatic rings. The third kappa shape index (κ3) is 4.75. The highest BCUT2D eigenvalue weighted by Gasteiger charge is 2.17. The highest BCUT2D eigenvalue weighted by Crippen LogP contribution is 2.28. The van der Waals surface area contributed by atoms with Crippen LogP contribution in [-0.4, -0.2) is 43.3 Å². The first kappa shape index (κ1) is 21.2. The Hall–Kier alpha value is -3.66. The largest absolute Gasteiger partial charge is 0.484 e. The predicted molar refractivity (Wildman–Crippen MR) is 124 cm³/mol. The monoisotopic (exact) mass is 463 g/mol. The molecule has 10 heteroatoms. The lowest BCUT2D eigenvalue weighted by Crippen LogP contribution is -2.28. The maximum atomic E-state index is 14.4. The summed E-state index contributed by atoms with van der Waals surface area (Å²) in [6.07, 6.45) is 7.46. The van der Waals surface area contributed by atoms with Crippen LogP contribution in [-0.2, 0) is 13.0 Å². The molecule has 1 aliphatic heterocycles. The van der Waals surface area contributed by atoms with Gasteiger partial charge in [0.05, 0.1) is 11.4 Å². The van der Waals surface area contributed by atoms with Crippen molar-refractivity contribution in [2.75, 3.05) is 18.0 Å². The minimum absolute atomic E-state index is 0.162. The molecular formula is C23H22FN7OS. The lowest BCUT2D eigenvalue weighted by Gasteiger charge is -2.27. The summed E-state index contributed by atoms with van der Waals surface area (Å²) in [5, 5.41) is 13.8. The zero-order valence-electron chi connectivity index (χ0n) is 18.1. The topological polar surface area (TPSA) is 81.9 Å². The van der Waals surface area contributed by atoms with E-state index in [-0.39, 0.29) is 12.4 Å². The van der Waals surface area contributed by atoms with E-state index in [1.54, 1.807) is 23.5 Å². The summed E-state index contributed by atoms with van der Waals surface area (Å²) in [6, 6.07) is 8.83. The average Bonchev–Trinajstić information content (AvgIpc) is 3.56. The fraction of sp³-hybridized carbons (Fsp3) is 0.261. The van der Waals surface area contributed by atoms with Crippen LogP contribution in [0.3, 0.4) is 0 Å². The minimum Gasteiger partial charge on any atom is -0.484 e. The van der Waals surface area contributed by atoms with Gasteiger partial charge in [0.25, 0.3) is 0 Å². The number of nitrogens with zero attached hydrogens (tertiary/aromatic N) is 7. The molecule has 168 valence electrons. The molecule has 8 nitrogen and oxygen atoms in total. The third-order valence-corrected chi connectivity index (χ3v) is 6.45. The Bertz CT molecular complexity index is 1250. The molecule has 1 aliphatic rings. The molecule has 0 N–H and O–H groups in total. The number of tetrazole rings is 1.